The molecule has 0 aliphatic carbocycles. The molecule has 9 heteroatoms. The lowest BCUT2D eigenvalue weighted by Crippen LogP contribution is -2.15. The van der Waals surface area contributed by atoms with Gasteiger partial charge in [0.1, 0.15) is 23.9 Å². The summed E-state index contributed by atoms with van der Waals surface area (Å²) >= 11 is 1.23. The molecule has 0 fully saturated rings. The molecule has 0 atom stereocenters. The highest BCUT2D eigenvalue weighted by atomic mass is 32.2. The van der Waals surface area contributed by atoms with E-state index in [2.05, 4.69) is 15.5 Å². The Bertz CT molecular complexity index is 1220. The van der Waals surface area contributed by atoms with Crippen molar-refractivity contribution in [3.63, 3.8) is 0 Å². The van der Waals surface area contributed by atoms with Gasteiger partial charge >= 0.3 is 0 Å². The van der Waals surface area contributed by atoms with E-state index in [1.165, 1.54) is 17.8 Å². The summed E-state index contributed by atoms with van der Waals surface area (Å²) in [5.74, 6) is 1.52. The molecule has 0 bridgehead atoms. The molecule has 170 valence electrons. The van der Waals surface area contributed by atoms with Crippen LogP contribution in [0.4, 0.5) is 10.1 Å². The van der Waals surface area contributed by atoms with Crippen molar-refractivity contribution in [2.45, 2.75) is 32.2 Å². The summed E-state index contributed by atoms with van der Waals surface area (Å²) in [6.07, 6.45) is 1.60. The van der Waals surface area contributed by atoms with E-state index >= 15 is 0 Å². The zero-order valence-electron chi connectivity index (χ0n) is 18.2. The summed E-state index contributed by atoms with van der Waals surface area (Å²) in [5, 5.41) is 11.8. The molecule has 0 spiro atoms. The number of aryl methyl sites for hydroxylation is 2. The fourth-order valence-electron chi connectivity index (χ4n) is 3.03. The Hall–Kier alpha value is -3.59. The van der Waals surface area contributed by atoms with E-state index in [0.29, 0.717) is 28.8 Å². The SMILES string of the molecule is Cc1ccc(OCc2nnc(SCC(=O)Nc3ccc(C)c(F)c3)n2Cc2ccco2)cc1. The molecular weight excluding hydrogens is 443 g/mol. The lowest BCUT2D eigenvalue weighted by atomic mass is 10.2. The molecule has 1 amide bonds. The minimum atomic E-state index is -0.364. The molecule has 2 heterocycles. The van der Waals surface area contributed by atoms with Crippen LogP contribution < -0.4 is 10.1 Å². The second-order valence-electron chi connectivity index (χ2n) is 7.47. The predicted molar refractivity (Wildman–Crippen MR) is 124 cm³/mol. The number of thioether (sulfide) groups is 1. The molecule has 0 saturated carbocycles. The van der Waals surface area contributed by atoms with E-state index in [4.69, 9.17) is 9.15 Å². The zero-order valence-corrected chi connectivity index (χ0v) is 19.1. The maximum absolute atomic E-state index is 13.7. The van der Waals surface area contributed by atoms with Crippen molar-refractivity contribution in [2.24, 2.45) is 0 Å². The average Bonchev–Trinajstić information content (AvgIpc) is 3.45. The summed E-state index contributed by atoms with van der Waals surface area (Å²) < 4.78 is 26.9. The van der Waals surface area contributed by atoms with Crippen molar-refractivity contribution in [2.75, 3.05) is 11.1 Å². The minimum absolute atomic E-state index is 0.0879. The van der Waals surface area contributed by atoms with Crippen molar-refractivity contribution in [1.29, 1.82) is 0 Å². The van der Waals surface area contributed by atoms with E-state index in [0.717, 1.165) is 17.1 Å². The predicted octanol–water partition coefficient (Wildman–Crippen LogP) is 4.99. The zero-order chi connectivity index (χ0) is 23.2. The molecule has 4 aromatic rings. The van der Waals surface area contributed by atoms with Gasteiger partial charge in [-0.2, -0.15) is 0 Å². The van der Waals surface area contributed by atoms with Gasteiger partial charge in [0.25, 0.3) is 0 Å². The second-order valence-corrected chi connectivity index (χ2v) is 8.41. The van der Waals surface area contributed by atoms with Gasteiger partial charge in [-0.15, -0.1) is 10.2 Å². The van der Waals surface area contributed by atoms with Crippen molar-refractivity contribution in [1.82, 2.24) is 14.8 Å². The number of halogens is 1. The highest BCUT2D eigenvalue weighted by Crippen LogP contribution is 2.21. The first-order chi connectivity index (χ1) is 16.0. The van der Waals surface area contributed by atoms with Crippen LogP contribution in [0.1, 0.15) is 22.7 Å². The van der Waals surface area contributed by atoms with Crippen LogP contribution in [0, 0.1) is 19.7 Å². The Morgan fingerprint density at radius 2 is 1.97 bits per heavy atom. The number of hydrogen-bond donors (Lipinski definition) is 1. The van der Waals surface area contributed by atoms with Crippen molar-refractivity contribution >= 4 is 23.4 Å². The largest absolute Gasteiger partial charge is 0.486 e. The maximum atomic E-state index is 13.7. The number of anilines is 1. The molecule has 2 aromatic carbocycles. The maximum Gasteiger partial charge on any atom is 0.234 e. The normalized spacial score (nSPS) is 10.9. The molecule has 0 radical (unpaired) electrons. The standard InChI is InChI=1S/C24H23FN4O3S/c1-16-5-9-19(10-6-16)32-14-22-27-28-24(29(22)13-20-4-3-11-31-20)33-15-23(30)26-18-8-7-17(2)21(25)12-18/h3-12H,13-15H2,1-2H3,(H,26,30). The van der Waals surface area contributed by atoms with Crippen molar-refractivity contribution in [3.05, 3.63) is 89.4 Å². The molecule has 0 saturated heterocycles. The summed E-state index contributed by atoms with van der Waals surface area (Å²) in [4.78, 5) is 12.4. The molecule has 7 nitrogen and oxygen atoms in total. The molecule has 0 unspecified atom stereocenters. The average molecular weight is 467 g/mol. The highest BCUT2D eigenvalue weighted by molar-refractivity contribution is 7.99. The monoisotopic (exact) mass is 466 g/mol. The molecule has 0 aliphatic heterocycles. The molecular formula is C24H23FN4O3S. The number of benzene rings is 2. The molecule has 1 N–H and O–H groups in total. The number of hydrogen-bond acceptors (Lipinski definition) is 6. The number of carbonyl (C=O) groups is 1. The number of aromatic nitrogens is 3. The lowest BCUT2D eigenvalue weighted by Gasteiger charge is -2.10. The Labute approximate surface area is 195 Å². The van der Waals surface area contributed by atoms with E-state index in [1.807, 2.05) is 47.9 Å². The van der Waals surface area contributed by atoms with Crippen LogP contribution in [0.5, 0.6) is 5.75 Å². The van der Waals surface area contributed by atoms with Gasteiger partial charge in [0.05, 0.1) is 18.6 Å². The van der Waals surface area contributed by atoms with Gasteiger partial charge in [-0.3, -0.25) is 9.36 Å². The van der Waals surface area contributed by atoms with E-state index in [9.17, 15) is 9.18 Å². The summed E-state index contributed by atoms with van der Waals surface area (Å²) in [6, 6.07) is 16.0. The summed E-state index contributed by atoms with van der Waals surface area (Å²) in [5.41, 5.74) is 2.08. The lowest BCUT2D eigenvalue weighted by molar-refractivity contribution is -0.113. The Kier molecular flexibility index (Phi) is 7.09. The van der Waals surface area contributed by atoms with Crippen LogP contribution in [0.15, 0.2) is 70.4 Å². The quantitative estimate of drug-likeness (QED) is 0.350. The summed E-state index contributed by atoms with van der Waals surface area (Å²) in [7, 11) is 0. The van der Waals surface area contributed by atoms with Gasteiger partial charge in [-0.05, 0) is 55.8 Å². The van der Waals surface area contributed by atoms with Gasteiger partial charge in [-0.25, -0.2) is 4.39 Å². The van der Waals surface area contributed by atoms with Gasteiger partial charge in [0.15, 0.2) is 11.0 Å². The number of rotatable bonds is 9. The number of furan rings is 1. The van der Waals surface area contributed by atoms with Gasteiger partial charge in [0.2, 0.25) is 5.91 Å². The van der Waals surface area contributed by atoms with Gasteiger partial charge in [0, 0.05) is 5.69 Å². The Balaban J connectivity index is 1.44. The molecule has 4 rings (SSSR count). The first-order valence-electron chi connectivity index (χ1n) is 10.3. The summed E-state index contributed by atoms with van der Waals surface area (Å²) in [6.45, 7) is 4.30. The molecule has 2 aromatic heterocycles. The fourth-order valence-corrected chi connectivity index (χ4v) is 3.79. The van der Waals surface area contributed by atoms with Crippen LogP contribution in [-0.2, 0) is 17.9 Å². The third kappa shape index (κ3) is 6.01. The van der Waals surface area contributed by atoms with E-state index in [1.54, 1.807) is 25.3 Å². The molecule has 0 aliphatic rings. The number of amides is 1. The Morgan fingerprint density at radius 3 is 2.70 bits per heavy atom. The Morgan fingerprint density at radius 1 is 1.15 bits per heavy atom. The van der Waals surface area contributed by atoms with Crippen molar-refractivity contribution in [3.8, 4) is 5.75 Å². The first kappa shape index (κ1) is 22.6. The van der Waals surface area contributed by atoms with E-state index < -0.39 is 0 Å². The second kappa shape index (κ2) is 10.4. The van der Waals surface area contributed by atoms with Crippen LogP contribution in [0.3, 0.4) is 0 Å². The third-order valence-corrected chi connectivity index (χ3v) is 5.83. The minimum Gasteiger partial charge on any atom is -0.486 e. The van der Waals surface area contributed by atoms with Crippen molar-refractivity contribution < 1.29 is 18.3 Å². The van der Waals surface area contributed by atoms with Gasteiger partial charge < -0.3 is 14.5 Å². The van der Waals surface area contributed by atoms with Crippen LogP contribution >= 0.6 is 11.8 Å². The van der Waals surface area contributed by atoms with Crippen LogP contribution in [0.2, 0.25) is 0 Å². The smallest absolute Gasteiger partial charge is 0.234 e. The fraction of sp³-hybridized carbons (Fsp3) is 0.208. The first-order valence-corrected chi connectivity index (χ1v) is 11.3. The van der Waals surface area contributed by atoms with E-state index in [-0.39, 0.29) is 24.1 Å². The number of nitrogens with zero attached hydrogens (tertiary/aromatic N) is 3. The molecule has 33 heavy (non-hydrogen) atoms. The number of ether oxygens (including phenoxy) is 1. The van der Waals surface area contributed by atoms with Crippen LogP contribution in [0.25, 0.3) is 0 Å². The number of nitrogens with one attached hydrogen (secondary N) is 1. The number of carbonyl (C=O) groups excluding carboxylic acids is 1. The topological polar surface area (TPSA) is 82.2 Å². The van der Waals surface area contributed by atoms with Crippen LogP contribution in [-0.4, -0.2) is 26.4 Å². The third-order valence-electron chi connectivity index (χ3n) is 4.86. The highest BCUT2D eigenvalue weighted by Gasteiger charge is 2.16. The van der Waals surface area contributed by atoms with Gasteiger partial charge in [-0.1, -0.05) is 35.5 Å².